The van der Waals surface area contributed by atoms with Crippen LogP contribution in [-0.4, -0.2) is 15.9 Å². The van der Waals surface area contributed by atoms with Crippen LogP contribution in [0.2, 0.25) is 0 Å². The second kappa shape index (κ2) is 3.12. The Labute approximate surface area is 95.5 Å². The van der Waals surface area contributed by atoms with Crippen molar-refractivity contribution in [3.8, 4) is 0 Å². The Balaban J connectivity index is 2.19. The lowest BCUT2D eigenvalue weighted by Gasteiger charge is -2.02. The van der Waals surface area contributed by atoms with E-state index in [2.05, 4.69) is 9.97 Å². The molecule has 3 rings (SSSR count). The van der Waals surface area contributed by atoms with E-state index < -0.39 is 17.4 Å². The second-order valence-electron chi connectivity index (χ2n) is 4.52. The number of aromatic nitrogens is 2. The van der Waals surface area contributed by atoms with Gasteiger partial charge in [0, 0.05) is 18.2 Å². The molecule has 2 aromatic rings. The molecule has 1 saturated carbocycles. The highest BCUT2D eigenvalue weighted by atomic mass is 19.3. The summed E-state index contributed by atoms with van der Waals surface area (Å²) in [7, 11) is 0. The lowest BCUT2D eigenvalue weighted by molar-refractivity contribution is 0.112. The quantitative estimate of drug-likeness (QED) is 0.826. The first kappa shape index (κ1) is 10.4. The number of hydrogen-bond donors (Lipinski definition) is 1. The summed E-state index contributed by atoms with van der Waals surface area (Å²) < 4.78 is 25.9. The Bertz CT molecular complexity index is 663. The second-order valence-corrected chi connectivity index (χ2v) is 4.52. The first-order valence-corrected chi connectivity index (χ1v) is 5.35. The Kier molecular flexibility index (Phi) is 1.91. The van der Waals surface area contributed by atoms with Gasteiger partial charge in [-0.1, -0.05) is 0 Å². The van der Waals surface area contributed by atoms with Crippen molar-refractivity contribution in [1.29, 1.82) is 0 Å². The van der Waals surface area contributed by atoms with Gasteiger partial charge in [0.2, 0.25) is 0 Å². The summed E-state index contributed by atoms with van der Waals surface area (Å²) >= 11 is 0. The third-order valence-corrected chi connectivity index (χ3v) is 3.06. The standard InChI is InChI=1S/C12H10F2N2O/c1-6-2-10-9(15-5-6)3-7(11(17)16-10)8-4-12(8,13)14/h2-3,5,8H,4H2,1H3,(H,16,17). The highest BCUT2D eigenvalue weighted by molar-refractivity contribution is 5.75. The molecule has 3 nitrogen and oxygen atoms in total. The van der Waals surface area contributed by atoms with Gasteiger partial charge in [-0.3, -0.25) is 9.78 Å². The van der Waals surface area contributed by atoms with Crippen LogP contribution < -0.4 is 5.56 Å². The van der Waals surface area contributed by atoms with Crippen LogP contribution in [0, 0.1) is 6.92 Å². The van der Waals surface area contributed by atoms with Gasteiger partial charge < -0.3 is 4.98 Å². The fraction of sp³-hybridized carbons (Fsp3) is 0.333. The Hall–Kier alpha value is -1.78. The number of aryl methyl sites for hydroxylation is 1. The van der Waals surface area contributed by atoms with E-state index in [-0.39, 0.29) is 12.0 Å². The van der Waals surface area contributed by atoms with Crippen LogP contribution in [-0.2, 0) is 0 Å². The third kappa shape index (κ3) is 1.62. The van der Waals surface area contributed by atoms with Gasteiger partial charge in [-0.2, -0.15) is 0 Å². The molecular weight excluding hydrogens is 226 g/mol. The summed E-state index contributed by atoms with van der Waals surface area (Å²) in [6.45, 7) is 1.85. The lowest BCUT2D eigenvalue weighted by Crippen LogP contribution is -2.13. The summed E-state index contributed by atoms with van der Waals surface area (Å²) in [4.78, 5) is 18.4. The molecule has 1 atom stereocenters. The molecule has 88 valence electrons. The Morgan fingerprint density at radius 2 is 2.18 bits per heavy atom. The van der Waals surface area contributed by atoms with Crippen LogP contribution in [0.4, 0.5) is 8.78 Å². The summed E-state index contributed by atoms with van der Waals surface area (Å²) in [5.41, 5.74) is 1.75. The van der Waals surface area contributed by atoms with Crippen molar-refractivity contribution in [3.63, 3.8) is 0 Å². The number of hydrogen-bond acceptors (Lipinski definition) is 2. The van der Waals surface area contributed by atoms with E-state index in [4.69, 9.17) is 0 Å². The maximum atomic E-state index is 13.0. The predicted octanol–water partition coefficient (Wildman–Crippen LogP) is 2.35. The molecule has 1 unspecified atom stereocenters. The SMILES string of the molecule is Cc1cnc2cc(C3CC3(F)F)c(=O)[nH]c2c1. The molecule has 2 heterocycles. The van der Waals surface area contributed by atoms with E-state index in [9.17, 15) is 13.6 Å². The molecule has 0 spiro atoms. The number of pyridine rings is 2. The number of rotatable bonds is 1. The number of fused-ring (bicyclic) bond motifs is 1. The fourth-order valence-corrected chi connectivity index (χ4v) is 2.01. The number of halogens is 2. The van der Waals surface area contributed by atoms with Crippen LogP contribution >= 0.6 is 0 Å². The molecular formula is C12H10F2N2O. The van der Waals surface area contributed by atoms with Crippen molar-refractivity contribution in [2.75, 3.05) is 0 Å². The minimum atomic E-state index is -2.73. The van der Waals surface area contributed by atoms with E-state index in [0.717, 1.165) is 5.56 Å². The van der Waals surface area contributed by atoms with Gasteiger partial charge >= 0.3 is 0 Å². The van der Waals surface area contributed by atoms with Crippen LogP contribution in [0.1, 0.15) is 23.5 Å². The van der Waals surface area contributed by atoms with Crippen molar-refractivity contribution in [2.24, 2.45) is 0 Å². The first-order valence-electron chi connectivity index (χ1n) is 5.35. The number of nitrogens with zero attached hydrogens (tertiary/aromatic N) is 1. The molecule has 0 amide bonds. The maximum absolute atomic E-state index is 13.0. The van der Waals surface area contributed by atoms with E-state index in [1.165, 1.54) is 6.07 Å². The zero-order valence-corrected chi connectivity index (χ0v) is 9.13. The van der Waals surface area contributed by atoms with Crippen molar-refractivity contribution in [1.82, 2.24) is 9.97 Å². The summed E-state index contributed by atoms with van der Waals surface area (Å²) in [6, 6.07) is 3.25. The molecule has 0 saturated heterocycles. The van der Waals surface area contributed by atoms with Gasteiger partial charge in [-0.05, 0) is 24.6 Å². The molecule has 1 fully saturated rings. The topological polar surface area (TPSA) is 45.8 Å². The zero-order chi connectivity index (χ0) is 12.2. The number of aromatic amines is 1. The molecule has 0 aromatic carbocycles. The average molecular weight is 236 g/mol. The Morgan fingerprint density at radius 3 is 2.82 bits per heavy atom. The number of alkyl halides is 2. The monoisotopic (exact) mass is 236 g/mol. The molecule has 2 aromatic heterocycles. The minimum Gasteiger partial charge on any atom is -0.320 e. The molecule has 0 radical (unpaired) electrons. The fourth-order valence-electron chi connectivity index (χ4n) is 2.01. The van der Waals surface area contributed by atoms with E-state index in [1.54, 1.807) is 12.3 Å². The van der Waals surface area contributed by atoms with Crippen LogP contribution in [0.5, 0.6) is 0 Å². The lowest BCUT2D eigenvalue weighted by atomic mass is 10.1. The van der Waals surface area contributed by atoms with Gasteiger partial charge in [0.1, 0.15) is 0 Å². The highest BCUT2D eigenvalue weighted by Gasteiger charge is 2.58. The van der Waals surface area contributed by atoms with Gasteiger partial charge in [0.05, 0.1) is 17.0 Å². The largest absolute Gasteiger partial charge is 0.320 e. The zero-order valence-electron chi connectivity index (χ0n) is 9.13. The van der Waals surface area contributed by atoms with Crippen LogP contribution in [0.15, 0.2) is 23.1 Å². The molecule has 17 heavy (non-hydrogen) atoms. The molecule has 5 heteroatoms. The van der Waals surface area contributed by atoms with Crippen molar-refractivity contribution in [2.45, 2.75) is 25.2 Å². The normalized spacial score (nSPS) is 21.7. The molecule has 0 bridgehead atoms. The molecule has 1 aliphatic carbocycles. The smallest absolute Gasteiger partial charge is 0.256 e. The average Bonchev–Trinajstić information content (AvgIpc) is 2.86. The van der Waals surface area contributed by atoms with E-state index >= 15 is 0 Å². The van der Waals surface area contributed by atoms with E-state index in [0.29, 0.717) is 11.0 Å². The van der Waals surface area contributed by atoms with Crippen molar-refractivity contribution < 1.29 is 8.78 Å². The maximum Gasteiger partial charge on any atom is 0.256 e. The van der Waals surface area contributed by atoms with Gasteiger partial charge in [-0.25, -0.2) is 8.78 Å². The van der Waals surface area contributed by atoms with Gasteiger partial charge in [-0.15, -0.1) is 0 Å². The summed E-state index contributed by atoms with van der Waals surface area (Å²) in [5, 5.41) is 0. The molecule has 0 aliphatic heterocycles. The molecule has 1 N–H and O–H groups in total. The van der Waals surface area contributed by atoms with Crippen LogP contribution in [0.25, 0.3) is 11.0 Å². The highest BCUT2D eigenvalue weighted by Crippen LogP contribution is 2.54. The van der Waals surface area contributed by atoms with Gasteiger partial charge in [0.25, 0.3) is 11.5 Å². The minimum absolute atomic E-state index is 0.138. The first-order chi connectivity index (χ1) is 7.97. The summed E-state index contributed by atoms with van der Waals surface area (Å²) in [5.74, 6) is -3.68. The number of H-pyrrole nitrogens is 1. The van der Waals surface area contributed by atoms with Crippen LogP contribution in [0.3, 0.4) is 0 Å². The summed E-state index contributed by atoms with van der Waals surface area (Å²) in [6.07, 6.45) is 1.41. The number of nitrogens with one attached hydrogen (secondary N) is 1. The van der Waals surface area contributed by atoms with Crippen molar-refractivity contribution in [3.05, 3.63) is 39.8 Å². The van der Waals surface area contributed by atoms with Crippen molar-refractivity contribution >= 4 is 11.0 Å². The van der Waals surface area contributed by atoms with Gasteiger partial charge in [0.15, 0.2) is 0 Å². The third-order valence-electron chi connectivity index (χ3n) is 3.06. The Morgan fingerprint density at radius 1 is 1.47 bits per heavy atom. The van der Waals surface area contributed by atoms with E-state index in [1.807, 2.05) is 6.92 Å². The molecule has 1 aliphatic rings. The predicted molar refractivity (Wildman–Crippen MR) is 59.4 cm³/mol.